The highest BCUT2D eigenvalue weighted by Gasteiger charge is 2.52. The second-order valence-electron chi connectivity index (χ2n) is 17.2. The van der Waals surface area contributed by atoms with Crippen LogP contribution in [0.4, 0.5) is 0 Å². The van der Waals surface area contributed by atoms with Gasteiger partial charge in [0.05, 0.1) is 31.0 Å². The van der Waals surface area contributed by atoms with Crippen LogP contribution in [0.1, 0.15) is 87.1 Å². The Morgan fingerprint density at radius 2 is 1.88 bits per heavy atom. The number of nitrogens with one attached hydrogen (secondary N) is 1. The average Bonchev–Trinajstić information content (AvgIpc) is 3.74. The van der Waals surface area contributed by atoms with Crippen molar-refractivity contribution in [3.05, 3.63) is 53.6 Å². The van der Waals surface area contributed by atoms with Gasteiger partial charge in [0.2, 0.25) is 5.91 Å². The maximum Gasteiger partial charge on any atom is 0.316 e. The molecule has 332 valence electrons. The van der Waals surface area contributed by atoms with E-state index in [1.807, 2.05) is 38.9 Å². The van der Waals surface area contributed by atoms with Gasteiger partial charge < -0.3 is 49.0 Å². The Kier molecular flexibility index (Phi) is 15.4. The first kappa shape index (κ1) is 47.0. The fourth-order valence-electron chi connectivity index (χ4n) is 8.68. The SMILES string of the molecule is CC[C@H]1OC(=O)[C@H](C)C(=O)[C@H](C)[C@@H](O[C@@H]2O[C@H](C)C[C@H](N(C)C)[C@H]2O)[C@@]2(C)C[C@@H](C)C(NC(C)=O)=C(C)[C@@H](OCC(=NOCc3ccc(-n4cccn4)nc3)CO2)[C@]1(C)O. The van der Waals surface area contributed by atoms with Crippen molar-refractivity contribution in [2.24, 2.45) is 22.9 Å². The number of aliphatic hydroxyl groups is 2. The standard InChI is InChI=1S/C43H64N6O11/c1-12-33-43(9,54)39-26(4)35(46-29(7)50)24(2)19-42(8,56-23-31(22-55-39)47-57-21-30-14-15-34(44-20-30)49-17-13-16-45-49)38(27(5)36(51)28(6)40(53)59-33)60-41-37(52)32(48(10)11)18-25(3)58-41/h13-17,20,24-25,27-28,32-33,37-39,41,52,54H,12,18-19,21-23H2,1-11H3,(H,46,50)/t24-,25-,27+,28-,32+,33-,37-,38-,39-,41+,42-,43-/m1/s1. The summed E-state index contributed by atoms with van der Waals surface area (Å²) in [6, 6.07) is 5.13. The third-order valence-electron chi connectivity index (χ3n) is 11.9. The summed E-state index contributed by atoms with van der Waals surface area (Å²) < 4.78 is 34.1. The van der Waals surface area contributed by atoms with Crippen LogP contribution < -0.4 is 5.32 Å². The van der Waals surface area contributed by atoms with Crippen molar-refractivity contribution in [2.75, 3.05) is 27.3 Å². The second kappa shape index (κ2) is 19.7. The van der Waals surface area contributed by atoms with Crippen LogP contribution in [0.2, 0.25) is 0 Å². The van der Waals surface area contributed by atoms with Crippen molar-refractivity contribution >= 4 is 23.4 Å². The summed E-state index contributed by atoms with van der Waals surface area (Å²) in [5.74, 6) is -3.86. The molecule has 0 spiro atoms. The summed E-state index contributed by atoms with van der Waals surface area (Å²) in [7, 11) is 3.73. The number of carbonyl (C=O) groups excluding carboxylic acids is 3. The van der Waals surface area contributed by atoms with E-state index in [9.17, 15) is 24.6 Å². The molecule has 0 unspecified atom stereocenters. The van der Waals surface area contributed by atoms with Crippen molar-refractivity contribution in [1.29, 1.82) is 0 Å². The molecule has 0 aliphatic carbocycles. The normalized spacial score (nSPS) is 35.7. The predicted octanol–water partition coefficient (Wildman–Crippen LogP) is 3.49. The first-order chi connectivity index (χ1) is 28.3. The van der Waals surface area contributed by atoms with E-state index in [4.69, 9.17) is 28.5 Å². The summed E-state index contributed by atoms with van der Waals surface area (Å²) in [4.78, 5) is 53.5. The van der Waals surface area contributed by atoms with E-state index in [1.54, 1.807) is 63.1 Å². The molecule has 2 bridgehead atoms. The van der Waals surface area contributed by atoms with Crippen LogP contribution in [0.5, 0.6) is 0 Å². The molecule has 0 saturated carbocycles. The van der Waals surface area contributed by atoms with Gasteiger partial charge in [0.1, 0.15) is 42.1 Å². The molecule has 1 amide bonds. The van der Waals surface area contributed by atoms with Crippen molar-refractivity contribution < 1.29 is 53.1 Å². The van der Waals surface area contributed by atoms with Crippen LogP contribution in [0.3, 0.4) is 0 Å². The molecular weight excluding hydrogens is 777 g/mol. The number of oxime groups is 1. The molecule has 0 radical (unpaired) electrons. The third-order valence-corrected chi connectivity index (χ3v) is 11.9. The molecule has 17 heteroatoms. The molecule has 17 nitrogen and oxygen atoms in total. The van der Waals surface area contributed by atoms with Gasteiger partial charge >= 0.3 is 5.97 Å². The summed E-state index contributed by atoms with van der Waals surface area (Å²) >= 11 is 0. The number of pyridine rings is 1. The Morgan fingerprint density at radius 1 is 1.15 bits per heavy atom. The van der Waals surface area contributed by atoms with Crippen molar-refractivity contribution in [2.45, 2.75) is 142 Å². The molecule has 3 N–H and O–H groups in total. The number of hydrogen-bond acceptors (Lipinski definition) is 15. The minimum absolute atomic E-state index is 0.0437. The fraction of sp³-hybridized carbons (Fsp3) is 0.674. The van der Waals surface area contributed by atoms with Crippen LogP contribution in [0.15, 0.2) is 53.2 Å². The minimum Gasteiger partial charge on any atom is -0.459 e. The highest BCUT2D eigenvalue weighted by molar-refractivity contribution is 6.00. The van der Waals surface area contributed by atoms with E-state index in [0.29, 0.717) is 23.5 Å². The number of ketones is 1. The van der Waals surface area contributed by atoms with E-state index in [0.717, 1.165) is 5.56 Å². The van der Waals surface area contributed by atoms with Gasteiger partial charge in [-0.25, -0.2) is 9.67 Å². The van der Waals surface area contributed by atoms with Crippen LogP contribution in [0.25, 0.3) is 5.82 Å². The molecule has 3 aliphatic heterocycles. The molecule has 0 aromatic carbocycles. The number of allylic oxidation sites excluding steroid dienone is 1. The number of likely N-dealkylation sites (N-methyl/N-ethyl adjacent to an activating group) is 1. The lowest BCUT2D eigenvalue weighted by molar-refractivity contribution is -0.296. The lowest BCUT2D eigenvalue weighted by Gasteiger charge is -2.47. The Labute approximate surface area is 352 Å². The van der Waals surface area contributed by atoms with Crippen molar-refractivity contribution in [3.8, 4) is 5.82 Å². The highest BCUT2D eigenvalue weighted by Crippen LogP contribution is 2.40. The highest BCUT2D eigenvalue weighted by atomic mass is 16.7. The summed E-state index contributed by atoms with van der Waals surface area (Å²) in [6.07, 6.45) is -0.0748. The summed E-state index contributed by atoms with van der Waals surface area (Å²) in [5, 5.41) is 35.7. The molecule has 2 aromatic rings. The fourth-order valence-corrected chi connectivity index (χ4v) is 8.68. The van der Waals surface area contributed by atoms with Gasteiger partial charge in [-0.3, -0.25) is 14.4 Å². The number of esters is 1. The number of carbonyl (C=O) groups is 3. The topological polar surface area (TPSA) is 205 Å². The Balaban J connectivity index is 1.64. The van der Waals surface area contributed by atoms with E-state index in [1.165, 1.54) is 20.8 Å². The first-order valence-electron chi connectivity index (χ1n) is 20.8. The number of aromatic nitrogens is 3. The zero-order chi connectivity index (χ0) is 44.1. The third kappa shape index (κ3) is 10.7. The second-order valence-corrected chi connectivity index (χ2v) is 17.2. The summed E-state index contributed by atoms with van der Waals surface area (Å²) in [6.45, 7) is 14.7. The largest absolute Gasteiger partial charge is 0.459 e. The van der Waals surface area contributed by atoms with E-state index in [2.05, 4.69) is 20.6 Å². The number of nitrogens with zero attached hydrogens (tertiary/aromatic N) is 5. The van der Waals surface area contributed by atoms with Gasteiger partial charge in [-0.1, -0.05) is 32.0 Å². The van der Waals surface area contributed by atoms with E-state index < -0.39 is 71.4 Å². The van der Waals surface area contributed by atoms with Crippen LogP contribution in [-0.4, -0.2) is 135 Å². The minimum atomic E-state index is -1.87. The smallest absolute Gasteiger partial charge is 0.316 e. The number of amides is 1. The maximum absolute atomic E-state index is 14.5. The number of ether oxygens (including phenoxy) is 5. The molecule has 1 fully saturated rings. The number of hydrogen-bond donors (Lipinski definition) is 3. The Bertz CT molecular complexity index is 1850. The van der Waals surface area contributed by atoms with Gasteiger partial charge in [-0.05, 0) is 91.6 Å². The first-order valence-corrected chi connectivity index (χ1v) is 20.8. The lowest BCUT2D eigenvalue weighted by Crippen LogP contribution is -2.59. The zero-order valence-corrected chi connectivity index (χ0v) is 36.8. The van der Waals surface area contributed by atoms with Gasteiger partial charge in [0.25, 0.3) is 0 Å². The van der Waals surface area contributed by atoms with Gasteiger partial charge in [-0.15, -0.1) is 0 Å². The lowest BCUT2D eigenvalue weighted by atomic mass is 9.76. The predicted molar refractivity (Wildman–Crippen MR) is 219 cm³/mol. The number of cyclic esters (lactones) is 1. The number of rotatable bonds is 9. The Morgan fingerprint density at radius 3 is 2.50 bits per heavy atom. The molecule has 3 aliphatic rings. The Hall–Kier alpha value is -4.10. The molecular formula is C43H64N6O11. The van der Waals surface area contributed by atoms with Crippen LogP contribution in [-0.2, 0) is 49.5 Å². The zero-order valence-electron chi connectivity index (χ0n) is 36.8. The van der Waals surface area contributed by atoms with Crippen molar-refractivity contribution in [1.82, 2.24) is 25.0 Å². The van der Waals surface area contributed by atoms with Crippen LogP contribution >= 0.6 is 0 Å². The molecule has 5 rings (SSSR count). The van der Waals surface area contributed by atoms with E-state index in [-0.39, 0.29) is 56.4 Å². The van der Waals surface area contributed by atoms with E-state index >= 15 is 0 Å². The van der Waals surface area contributed by atoms with Crippen LogP contribution in [0, 0.1) is 17.8 Å². The molecule has 5 heterocycles. The quantitative estimate of drug-likeness (QED) is 0.188. The average molecular weight is 841 g/mol. The van der Waals surface area contributed by atoms with Crippen molar-refractivity contribution in [3.63, 3.8) is 0 Å². The van der Waals surface area contributed by atoms with Gasteiger partial charge in [0, 0.05) is 48.7 Å². The molecule has 1 saturated heterocycles. The molecule has 2 aromatic heterocycles. The number of Topliss-reactive ketones (excluding diaryl/α,β-unsaturated/α-hetero) is 1. The molecule has 12 atom stereocenters. The maximum atomic E-state index is 14.5. The number of aliphatic hydroxyl groups excluding tert-OH is 1. The summed E-state index contributed by atoms with van der Waals surface area (Å²) in [5.41, 5.74) is -1.33. The monoisotopic (exact) mass is 840 g/mol. The number of fused-ring (bicyclic) bond motifs is 4. The molecule has 60 heavy (non-hydrogen) atoms. The van der Waals surface area contributed by atoms with Gasteiger partial charge in [-0.2, -0.15) is 5.10 Å². The van der Waals surface area contributed by atoms with Gasteiger partial charge in [0.15, 0.2) is 17.9 Å².